The average molecular weight is 194 g/mol. The monoisotopic (exact) mass is 194 g/mol. The van der Waals surface area contributed by atoms with E-state index in [1.807, 2.05) is 6.07 Å². The minimum absolute atomic E-state index is 0.126. The summed E-state index contributed by atoms with van der Waals surface area (Å²) in [4.78, 5) is 11.4. The lowest BCUT2D eigenvalue weighted by atomic mass is 9.97. The second-order valence-corrected chi connectivity index (χ2v) is 4.38. The Morgan fingerprint density at radius 2 is 2.14 bits per heavy atom. The Morgan fingerprint density at radius 3 is 2.57 bits per heavy atom. The fourth-order valence-electron chi connectivity index (χ4n) is 1.93. The van der Waals surface area contributed by atoms with Crippen LogP contribution in [0.1, 0.15) is 33.6 Å². The quantitative estimate of drug-likeness (QED) is 0.727. The first-order chi connectivity index (χ1) is 6.56. The molecule has 1 N–H and O–H groups in total. The van der Waals surface area contributed by atoms with Gasteiger partial charge in [-0.1, -0.05) is 13.8 Å². The van der Waals surface area contributed by atoms with Crippen molar-refractivity contribution in [3.8, 4) is 6.07 Å². The van der Waals surface area contributed by atoms with Gasteiger partial charge in [0.1, 0.15) is 5.92 Å². The van der Waals surface area contributed by atoms with Crippen molar-refractivity contribution in [2.75, 3.05) is 0 Å². The van der Waals surface area contributed by atoms with Gasteiger partial charge >= 0.3 is 0 Å². The fraction of sp³-hybridized carbons (Fsp3) is 0.818. The Labute approximate surface area is 85.5 Å². The van der Waals surface area contributed by atoms with E-state index in [0.29, 0.717) is 11.8 Å². The van der Waals surface area contributed by atoms with Crippen LogP contribution in [0.15, 0.2) is 0 Å². The van der Waals surface area contributed by atoms with Gasteiger partial charge in [0.25, 0.3) is 0 Å². The van der Waals surface area contributed by atoms with Crippen molar-refractivity contribution < 1.29 is 4.79 Å². The second kappa shape index (κ2) is 4.45. The van der Waals surface area contributed by atoms with Crippen molar-refractivity contribution in [1.82, 2.24) is 5.32 Å². The van der Waals surface area contributed by atoms with Crippen LogP contribution in [-0.2, 0) is 4.79 Å². The summed E-state index contributed by atoms with van der Waals surface area (Å²) in [6.45, 7) is 6.02. The fourth-order valence-corrected chi connectivity index (χ4v) is 1.93. The molecule has 1 fully saturated rings. The highest BCUT2D eigenvalue weighted by Gasteiger charge is 2.31. The Bertz CT molecular complexity index is 257. The molecule has 1 saturated carbocycles. The standard InChI is InChI=1S/C11H18N2O/c1-7-4-5-10(9(7)3)13-11(14)8(2)6-12/h7-10H,4-5H2,1-3H3,(H,13,14). The SMILES string of the molecule is CC(C#N)C(=O)NC1CCC(C)C1C. The average Bonchev–Trinajstić information content (AvgIpc) is 2.48. The third-order valence-corrected chi connectivity index (χ3v) is 3.38. The summed E-state index contributed by atoms with van der Waals surface area (Å²) in [5, 5.41) is 11.5. The molecule has 0 saturated heterocycles. The van der Waals surface area contributed by atoms with Crippen LogP contribution in [-0.4, -0.2) is 11.9 Å². The first-order valence-electron chi connectivity index (χ1n) is 5.26. The lowest BCUT2D eigenvalue weighted by molar-refractivity contribution is -0.123. The van der Waals surface area contributed by atoms with Gasteiger partial charge in [-0.05, 0) is 31.6 Å². The summed E-state index contributed by atoms with van der Waals surface area (Å²) in [7, 11) is 0. The van der Waals surface area contributed by atoms with Gasteiger partial charge in [-0.25, -0.2) is 0 Å². The van der Waals surface area contributed by atoms with Gasteiger partial charge in [0.15, 0.2) is 0 Å². The number of carbonyl (C=O) groups is 1. The highest BCUT2D eigenvalue weighted by Crippen LogP contribution is 2.31. The van der Waals surface area contributed by atoms with Gasteiger partial charge in [0, 0.05) is 6.04 Å². The van der Waals surface area contributed by atoms with E-state index in [-0.39, 0.29) is 11.9 Å². The molecule has 4 unspecified atom stereocenters. The van der Waals surface area contributed by atoms with Crippen LogP contribution in [0.4, 0.5) is 0 Å². The third kappa shape index (κ3) is 2.25. The van der Waals surface area contributed by atoms with Crippen LogP contribution in [0.5, 0.6) is 0 Å². The molecule has 0 aromatic heterocycles. The molecule has 0 spiro atoms. The van der Waals surface area contributed by atoms with Crippen molar-refractivity contribution in [1.29, 1.82) is 5.26 Å². The van der Waals surface area contributed by atoms with E-state index in [2.05, 4.69) is 19.2 Å². The first kappa shape index (κ1) is 11.0. The molecule has 0 aliphatic heterocycles. The summed E-state index contributed by atoms with van der Waals surface area (Å²) in [5.41, 5.74) is 0. The second-order valence-electron chi connectivity index (χ2n) is 4.38. The van der Waals surface area contributed by atoms with Crippen LogP contribution < -0.4 is 5.32 Å². The summed E-state index contributed by atoms with van der Waals surface area (Å²) in [6.07, 6.45) is 2.22. The number of hydrogen-bond acceptors (Lipinski definition) is 2. The minimum atomic E-state index is -0.530. The molecule has 0 aromatic rings. The van der Waals surface area contributed by atoms with Gasteiger partial charge in [0.05, 0.1) is 6.07 Å². The third-order valence-electron chi connectivity index (χ3n) is 3.38. The number of nitrogens with zero attached hydrogens (tertiary/aromatic N) is 1. The molecule has 4 atom stereocenters. The molecular weight excluding hydrogens is 176 g/mol. The number of hydrogen-bond donors (Lipinski definition) is 1. The Kier molecular flexibility index (Phi) is 3.51. The molecule has 1 rings (SSSR count). The van der Waals surface area contributed by atoms with Crippen molar-refractivity contribution in [3.05, 3.63) is 0 Å². The lowest BCUT2D eigenvalue weighted by Crippen LogP contribution is -2.39. The van der Waals surface area contributed by atoms with Crippen LogP contribution in [0.2, 0.25) is 0 Å². The van der Waals surface area contributed by atoms with Crippen molar-refractivity contribution in [3.63, 3.8) is 0 Å². The van der Waals surface area contributed by atoms with Gasteiger partial charge in [-0.3, -0.25) is 4.79 Å². The smallest absolute Gasteiger partial charge is 0.237 e. The van der Waals surface area contributed by atoms with Crippen molar-refractivity contribution in [2.24, 2.45) is 17.8 Å². The molecule has 3 nitrogen and oxygen atoms in total. The largest absolute Gasteiger partial charge is 0.352 e. The van der Waals surface area contributed by atoms with Gasteiger partial charge in [-0.15, -0.1) is 0 Å². The molecule has 0 heterocycles. The zero-order valence-electron chi connectivity index (χ0n) is 9.08. The highest BCUT2D eigenvalue weighted by molar-refractivity contribution is 5.80. The van der Waals surface area contributed by atoms with E-state index >= 15 is 0 Å². The molecule has 1 aliphatic rings. The summed E-state index contributed by atoms with van der Waals surface area (Å²) in [5.74, 6) is 0.555. The molecule has 78 valence electrons. The van der Waals surface area contributed by atoms with E-state index in [0.717, 1.165) is 6.42 Å². The molecule has 1 aliphatic carbocycles. The lowest BCUT2D eigenvalue weighted by Gasteiger charge is -2.20. The number of nitrogens with one attached hydrogen (secondary N) is 1. The maximum atomic E-state index is 11.4. The van der Waals surface area contributed by atoms with Crippen LogP contribution in [0.3, 0.4) is 0 Å². The van der Waals surface area contributed by atoms with E-state index in [1.165, 1.54) is 6.42 Å². The molecule has 14 heavy (non-hydrogen) atoms. The molecule has 1 amide bonds. The first-order valence-corrected chi connectivity index (χ1v) is 5.26. The Morgan fingerprint density at radius 1 is 1.50 bits per heavy atom. The predicted octanol–water partition coefficient (Wildman–Crippen LogP) is 1.70. The molecule has 0 bridgehead atoms. The zero-order valence-corrected chi connectivity index (χ0v) is 9.08. The van der Waals surface area contributed by atoms with Gasteiger partial charge in [0.2, 0.25) is 5.91 Å². The maximum Gasteiger partial charge on any atom is 0.237 e. The molecule has 0 radical (unpaired) electrons. The number of carbonyl (C=O) groups excluding carboxylic acids is 1. The van der Waals surface area contributed by atoms with E-state index in [9.17, 15) is 4.79 Å². The Balaban J connectivity index is 2.46. The van der Waals surface area contributed by atoms with Crippen molar-refractivity contribution in [2.45, 2.75) is 39.7 Å². The number of nitriles is 1. The van der Waals surface area contributed by atoms with Gasteiger partial charge < -0.3 is 5.32 Å². The zero-order chi connectivity index (χ0) is 10.7. The van der Waals surface area contributed by atoms with Crippen molar-refractivity contribution >= 4 is 5.91 Å². The minimum Gasteiger partial charge on any atom is -0.352 e. The predicted molar refractivity (Wildman–Crippen MR) is 54.3 cm³/mol. The molecule has 3 heteroatoms. The van der Waals surface area contributed by atoms with E-state index in [4.69, 9.17) is 5.26 Å². The summed E-state index contributed by atoms with van der Waals surface area (Å²) in [6, 6.07) is 2.22. The van der Waals surface area contributed by atoms with Gasteiger partial charge in [-0.2, -0.15) is 5.26 Å². The van der Waals surface area contributed by atoms with E-state index < -0.39 is 5.92 Å². The molecule has 0 aromatic carbocycles. The van der Waals surface area contributed by atoms with Crippen LogP contribution >= 0.6 is 0 Å². The highest BCUT2D eigenvalue weighted by atomic mass is 16.1. The topological polar surface area (TPSA) is 52.9 Å². The number of rotatable bonds is 2. The molecular formula is C11H18N2O. The maximum absolute atomic E-state index is 11.4. The van der Waals surface area contributed by atoms with Crippen LogP contribution in [0, 0.1) is 29.1 Å². The van der Waals surface area contributed by atoms with E-state index in [1.54, 1.807) is 6.92 Å². The van der Waals surface area contributed by atoms with Crippen LogP contribution in [0.25, 0.3) is 0 Å². The summed E-state index contributed by atoms with van der Waals surface area (Å²) >= 11 is 0. The number of amides is 1. The Hall–Kier alpha value is -1.04. The summed E-state index contributed by atoms with van der Waals surface area (Å²) < 4.78 is 0. The normalized spacial score (nSPS) is 33.4.